The molecule has 2 aromatic rings. The van der Waals surface area contributed by atoms with Crippen molar-refractivity contribution in [1.82, 2.24) is 0 Å². The SMILES string of the molecule is C=CC/C=C(Cc1ccccc1)/C1=c2\ccc(C)c\c2=C(/C2C(/C(C)=C/C=C\C)=CC=CC2C)C/C=C\C(C)=C/C1. The molecule has 2 aliphatic carbocycles. The van der Waals surface area contributed by atoms with E-state index in [9.17, 15) is 0 Å². The highest BCUT2D eigenvalue weighted by Crippen LogP contribution is 2.38. The van der Waals surface area contributed by atoms with Crippen LogP contribution in [-0.4, -0.2) is 0 Å². The Hall–Kier alpha value is -3.90. The molecule has 2 aliphatic rings. The van der Waals surface area contributed by atoms with E-state index in [0.29, 0.717) is 11.8 Å². The van der Waals surface area contributed by atoms with Gasteiger partial charge in [0.1, 0.15) is 0 Å². The van der Waals surface area contributed by atoms with Gasteiger partial charge in [-0.05, 0) is 97.6 Å². The fraction of sp³-hybridized carbons (Fsp3) is 0.268. The molecule has 0 aromatic heterocycles. The molecule has 2 aromatic carbocycles. The third kappa shape index (κ3) is 7.65. The molecule has 0 heteroatoms. The predicted molar refractivity (Wildman–Crippen MR) is 181 cm³/mol. The molecule has 41 heavy (non-hydrogen) atoms. The highest BCUT2D eigenvalue weighted by Gasteiger charge is 2.27. The summed E-state index contributed by atoms with van der Waals surface area (Å²) in [5, 5.41) is 2.76. The van der Waals surface area contributed by atoms with Gasteiger partial charge >= 0.3 is 0 Å². The van der Waals surface area contributed by atoms with Gasteiger partial charge in [0, 0.05) is 5.92 Å². The highest BCUT2D eigenvalue weighted by molar-refractivity contribution is 5.70. The van der Waals surface area contributed by atoms with Gasteiger partial charge in [-0.3, -0.25) is 0 Å². The van der Waals surface area contributed by atoms with Gasteiger partial charge in [-0.1, -0.05) is 139 Å². The third-order valence-corrected chi connectivity index (χ3v) is 8.27. The Morgan fingerprint density at radius 1 is 1.02 bits per heavy atom. The van der Waals surface area contributed by atoms with E-state index >= 15 is 0 Å². The normalized spacial score (nSPS) is 24.8. The Labute approximate surface area is 248 Å². The minimum absolute atomic E-state index is 0.311. The van der Waals surface area contributed by atoms with Gasteiger partial charge in [-0.15, -0.1) is 6.58 Å². The number of aryl methyl sites for hydroxylation is 1. The van der Waals surface area contributed by atoms with E-state index < -0.39 is 0 Å². The van der Waals surface area contributed by atoms with E-state index in [-0.39, 0.29) is 0 Å². The topological polar surface area (TPSA) is 0 Å². The minimum Gasteiger partial charge on any atom is -0.103 e. The van der Waals surface area contributed by atoms with Crippen LogP contribution in [0.5, 0.6) is 0 Å². The number of allylic oxidation sites excluding steroid dienone is 15. The Balaban J connectivity index is 2.09. The quantitative estimate of drug-likeness (QED) is 0.232. The van der Waals surface area contributed by atoms with E-state index in [0.717, 1.165) is 25.7 Å². The lowest BCUT2D eigenvalue weighted by Gasteiger charge is -2.31. The second-order valence-corrected chi connectivity index (χ2v) is 11.4. The summed E-state index contributed by atoms with van der Waals surface area (Å²) in [5.41, 5.74) is 11.0. The van der Waals surface area contributed by atoms with Crippen LogP contribution in [0, 0.1) is 18.8 Å². The number of fused-ring (bicyclic) bond motifs is 1. The Bertz CT molecular complexity index is 1570. The van der Waals surface area contributed by atoms with E-state index in [4.69, 9.17) is 0 Å². The molecule has 0 bridgehead atoms. The Morgan fingerprint density at radius 2 is 1.83 bits per heavy atom. The molecule has 0 spiro atoms. The summed E-state index contributed by atoms with van der Waals surface area (Å²) in [5.74, 6) is 0.718. The van der Waals surface area contributed by atoms with Crippen molar-refractivity contribution in [2.75, 3.05) is 0 Å². The van der Waals surface area contributed by atoms with Crippen LogP contribution in [0.1, 0.15) is 58.1 Å². The van der Waals surface area contributed by atoms with Crippen LogP contribution in [0.2, 0.25) is 0 Å². The van der Waals surface area contributed by atoms with Crippen molar-refractivity contribution in [3.05, 3.63) is 166 Å². The molecule has 0 nitrogen and oxygen atoms in total. The number of hydrogen-bond donors (Lipinski definition) is 0. The molecule has 4 rings (SSSR count). The monoisotopic (exact) mass is 538 g/mol. The number of benzene rings is 2. The molecular weight excluding hydrogens is 492 g/mol. The minimum atomic E-state index is 0.311. The maximum atomic E-state index is 4.04. The summed E-state index contributed by atoms with van der Waals surface area (Å²) in [6.45, 7) is 15.2. The van der Waals surface area contributed by atoms with E-state index in [1.54, 1.807) is 0 Å². The standard InChI is InChI=1S/C41H46/c1-7-9-17-32(5)36-22-15-18-33(6)41(36)39-23-14-16-30(3)24-26-37(38-27-25-31(4)28-40(38)39)35(21-10-8-2)29-34-19-12-11-13-20-34/h7-9,11-22,24-25,27-28,33,41H,2,10,23,26,29H2,1,3-6H3/b9-7-,16-14-,30-24-,32-17+,35-21+,38-37+,40-39+. The van der Waals surface area contributed by atoms with Crippen LogP contribution >= 0.6 is 0 Å². The van der Waals surface area contributed by atoms with Gasteiger partial charge in [-0.25, -0.2) is 0 Å². The maximum Gasteiger partial charge on any atom is 0.0123 e. The Kier molecular flexibility index (Phi) is 10.7. The summed E-state index contributed by atoms with van der Waals surface area (Å²) >= 11 is 0. The average molecular weight is 539 g/mol. The molecule has 0 saturated heterocycles. The van der Waals surface area contributed by atoms with Crippen LogP contribution in [0.15, 0.2) is 144 Å². The summed E-state index contributed by atoms with van der Waals surface area (Å²) in [6.07, 6.45) is 28.6. The smallest absolute Gasteiger partial charge is 0.0123 e. The van der Waals surface area contributed by atoms with Crippen LogP contribution < -0.4 is 10.4 Å². The van der Waals surface area contributed by atoms with E-state index in [1.165, 1.54) is 55.0 Å². The molecule has 0 heterocycles. The van der Waals surface area contributed by atoms with Crippen molar-refractivity contribution in [1.29, 1.82) is 0 Å². The van der Waals surface area contributed by atoms with Crippen LogP contribution in [0.3, 0.4) is 0 Å². The largest absolute Gasteiger partial charge is 0.103 e. The molecule has 2 atom stereocenters. The molecule has 0 saturated carbocycles. The van der Waals surface area contributed by atoms with Gasteiger partial charge in [0.15, 0.2) is 0 Å². The fourth-order valence-electron chi connectivity index (χ4n) is 6.10. The molecule has 0 radical (unpaired) electrons. The summed E-state index contributed by atoms with van der Waals surface area (Å²) in [4.78, 5) is 0. The predicted octanol–water partition coefficient (Wildman–Crippen LogP) is 9.61. The van der Waals surface area contributed by atoms with Crippen molar-refractivity contribution < 1.29 is 0 Å². The summed E-state index contributed by atoms with van der Waals surface area (Å²) < 4.78 is 0. The zero-order valence-corrected chi connectivity index (χ0v) is 25.7. The first-order valence-electron chi connectivity index (χ1n) is 15.1. The molecule has 2 unspecified atom stereocenters. The number of hydrogen-bond acceptors (Lipinski definition) is 0. The maximum absolute atomic E-state index is 4.04. The van der Waals surface area contributed by atoms with Crippen LogP contribution in [0.25, 0.3) is 11.1 Å². The first kappa shape index (κ1) is 30.1. The summed E-state index contributed by atoms with van der Waals surface area (Å²) in [7, 11) is 0. The number of rotatable bonds is 8. The third-order valence-electron chi connectivity index (χ3n) is 8.27. The van der Waals surface area contributed by atoms with Crippen LogP contribution in [-0.2, 0) is 6.42 Å². The van der Waals surface area contributed by atoms with Crippen molar-refractivity contribution in [2.24, 2.45) is 11.8 Å². The molecule has 0 aliphatic heterocycles. The van der Waals surface area contributed by atoms with Crippen LogP contribution in [0.4, 0.5) is 0 Å². The van der Waals surface area contributed by atoms with E-state index in [1.807, 2.05) is 6.08 Å². The average Bonchev–Trinajstić information content (AvgIpc) is 2.98. The van der Waals surface area contributed by atoms with Crippen molar-refractivity contribution in [3.8, 4) is 0 Å². The Morgan fingerprint density at radius 3 is 2.59 bits per heavy atom. The van der Waals surface area contributed by atoms with Crippen molar-refractivity contribution >= 4 is 11.1 Å². The van der Waals surface area contributed by atoms with Gasteiger partial charge in [0.25, 0.3) is 0 Å². The zero-order chi connectivity index (χ0) is 29.2. The molecular formula is C41H46. The first-order chi connectivity index (χ1) is 19.9. The van der Waals surface area contributed by atoms with Gasteiger partial charge < -0.3 is 0 Å². The van der Waals surface area contributed by atoms with Crippen molar-refractivity contribution in [2.45, 2.75) is 60.3 Å². The van der Waals surface area contributed by atoms with E-state index in [2.05, 4.69) is 150 Å². The molecule has 0 fully saturated rings. The first-order valence-corrected chi connectivity index (χ1v) is 15.1. The lowest BCUT2D eigenvalue weighted by Crippen LogP contribution is -2.34. The fourth-order valence-corrected chi connectivity index (χ4v) is 6.10. The van der Waals surface area contributed by atoms with Gasteiger partial charge in [0.05, 0.1) is 0 Å². The van der Waals surface area contributed by atoms with Gasteiger partial charge in [-0.2, -0.15) is 0 Å². The lowest BCUT2D eigenvalue weighted by atomic mass is 9.73. The van der Waals surface area contributed by atoms with Crippen molar-refractivity contribution in [3.63, 3.8) is 0 Å². The second kappa shape index (κ2) is 14.6. The zero-order valence-electron chi connectivity index (χ0n) is 25.7. The second-order valence-electron chi connectivity index (χ2n) is 11.4. The highest BCUT2D eigenvalue weighted by atomic mass is 14.3. The lowest BCUT2D eigenvalue weighted by molar-refractivity contribution is 0.583. The molecule has 210 valence electrons. The molecule has 0 amide bonds. The summed E-state index contributed by atoms with van der Waals surface area (Å²) in [6, 6.07) is 18.0. The van der Waals surface area contributed by atoms with Gasteiger partial charge in [0.2, 0.25) is 0 Å². The molecule has 0 N–H and O–H groups in total.